The van der Waals surface area contributed by atoms with Gasteiger partial charge in [-0.05, 0) is 6.92 Å². The summed E-state index contributed by atoms with van der Waals surface area (Å²) in [4.78, 5) is 15.4. The van der Waals surface area contributed by atoms with Crippen molar-refractivity contribution in [2.45, 2.75) is 6.92 Å². The Labute approximate surface area is 103 Å². The second kappa shape index (κ2) is 6.20. The van der Waals surface area contributed by atoms with Crippen molar-refractivity contribution in [3.63, 3.8) is 0 Å². The predicted octanol–water partition coefficient (Wildman–Crippen LogP) is -0.622. The summed E-state index contributed by atoms with van der Waals surface area (Å²) < 4.78 is 22.1. The van der Waals surface area contributed by atoms with Crippen LogP contribution in [0, 0.1) is 0 Å². The molecule has 0 aliphatic carbocycles. The molecule has 0 unspecified atom stereocenters. The molecule has 0 aromatic heterocycles. The number of nitrogens with zero attached hydrogens (tertiary/aromatic N) is 2. The Bertz CT molecular complexity index is 348. The lowest BCUT2D eigenvalue weighted by molar-refractivity contribution is 0.143. The van der Waals surface area contributed by atoms with E-state index in [9.17, 15) is 13.2 Å². The minimum atomic E-state index is -2.90. The standard InChI is InChI=1S/C10H21N3O3S/c1-3-11-10(14)13-6-4-12(5-7-13)8-9-17(2,15)16/h3-9H2,1-2H3,(H,11,14). The average Bonchev–Trinajstić information content (AvgIpc) is 2.26. The topological polar surface area (TPSA) is 69.7 Å². The Balaban J connectivity index is 2.28. The lowest BCUT2D eigenvalue weighted by Crippen LogP contribution is -2.52. The molecule has 1 N–H and O–H groups in total. The summed E-state index contributed by atoms with van der Waals surface area (Å²) in [7, 11) is -2.90. The Morgan fingerprint density at radius 1 is 1.24 bits per heavy atom. The summed E-state index contributed by atoms with van der Waals surface area (Å²) in [5.41, 5.74) is 0. The zero-order valence-electron chi connectivity index (χ0n) is 10.5. The number of rotatable bonds is 4. The van der Waals surface area contributed by atoms with Gasteiger partial charge >= 0.3 is 6.03 Å². The van der Waals surface area contributed by atoms with Crippen molar-refractivity contribution in [3.05, 3.63) is 0 Å². The van der Waals surface area contributed by atoms with Crippen molar-refractivity contribution in [1.29, 1.82) is 0 Å². The van der Waals surface area contributed by atoms with Gasteiger partial charge in [-0.2, -0.15) is 0 Å². The molecule has 7 heteroatoms. The number of amides is 2. The van der Waals surface area contributed by atoms with E-state index < -0.39 is 9.84 Å². The molecule has 0 radical (unpaired) electrons. The van der Waals surface area contributed by atoms with E-state index in [1.165, 1.54) is 6.26 Å². The minimum Gasteiger partial charge on any atom is -0.338 e. The molecule has 0 aromatic rings. The number of hydrogen-bond donors (Lipinski definition) is 1. The van der Waals surface area contributed by atoms with Gasteiger partial charge in [0.15, 0.2) is 0 Å². The van der Waals surface area contributed by atoms with Gasteiger partial charge in [-0.1, -0.05) is 0 Å². The second-order valence-corrected chi connectivity index (χ2v) is 6.55. The largest absolute Gasteiger partial charge is 0.338 e. The molecular formula is C10H21N3O3S. The van der Waals surface area contributed by atoms with Crippen molar-refractivity contribution >= 4 is 15.9 Å². The van der Waals surface area contributed by atoms with Gasteiger partial charge in [-0.3, -0.25) is 4.90 Å². The molecule has 1 saturated heterocycles. The van der Waals surface area contributed by atoms with Gasteiger partial charge in [-0.15, -0.1) is 0 Å². The quantitative estimate of drug-likeness (QED) is 0.734. The number of piperazine rings is 1. The van der Waals surface area contributed by atoms with Gasteiger partial charge in [0.1, 0.15) is 9.84 Å². The fourth-order valence-corrected chi connectivity index (χ4v) is 2.32. The molecule has 0 aromatic carbocycles. The van der Waals surface area contributed by atoms with Crippen molar-refractivity contribution < 1.29 is 13.2 Å². The van der Waals surface area contributed by atoms with E-state index in [0.717, 1.165) is 13.1 Å². The van der Waals surface area contributed by atoms with Gasteiger partial charge in [0.25, 0.3) is 0 Å². The summed E-state index contributed by atoms with van der Waals surface area (Å²) in [6.07, 6.45) is 1.25. The lowest BCUT2D eigenvalue weighted by Gasteiger charge is -2.34. The van der Waals surface area contributed by atoms with Crippen molar-refractivity contribution in [2.75, 3.05) is 51.3 Å². The van der Waals surface area contributed by atoms with E-state index >= 15 is 0 Å². The third-order valence-electron chi connectivity index (χ3n) is 2.77. The Kier molecular flexibility index (Phi) is 5.20. The third kappa shape index (κ3) is 5.36. The van der Waals surface area contributed by atoms with Crippen LogP contribution in [0.5, 0.6) is 0 Å². The number of carbonyl (C=O) groups excluding carboxylic acids is 1. The molecule has 1 aliphatic heterocycles. The summed E-state index contributed by atoms with van der Waals surface area (Å²) in [6.45, 7) is 5.89. The molecule has 1 heterocycles. The molecule has 6 nitrogen and oxygen atoms in total. The number of sulfone groups is 1. The van der Waals surface area contributed by atoms with Gasteiger partial charge in [0.05, 0.1) is 5.75 Å². The van der Waals surface area contributed by atoms with Gasteiger partial charge in [0, 0.05) is 45.5 Å². The van der Waals surface area contributed by atoms with E-state index in [4.69, 9.17) is 0 Å². The fraction of sp³-hybridized carbons (Fsp3) is 0.900. The van der Waals surface area contributed by atoms with Crippen LogP contribution < -0.4 is 5.32 Å². The SMILES string of the molecule is CCNC(=O)N1CCN(CCS(C)(=O)=O)CC1. The number of carbonyl (C=O) groups is 1. The fourth-order valence-electron chi connectivity index (χ4n) is 1.73. The molecule has 1 aliphatic rings. The molecule has 1 rings (SSSR count). The minimum absolute atomic E-state index is 0.0322. The van der Waals surface area contributed by atoms with Crippen molar-refractivity contribution in [1.82, 2.24) is 15.1 Å². The second-order valence-electron chi connectivity index (χ2n) is 4.29. The van der Waals surface area contributed by atoms with Crippen LogP contribution in [0.25, 0.3) is 0 Å². The summed E-state index contributed by atoms with van der Waals surface area (Å²) in [5.74, 6) is 0.189. The summed E-state index contributed by atoms with van der Waals surface area (Å²) in [5, 5.41) is 2.76. The highest BCUT2D eigenvalue weighted by molar-refractivity contribution is 7.90. The average molecular weight is 263 g/mol. The van der Waals surface area contributed by atoms with Crippen LogP contribution >= 0.6 is 0 Å². The number of urea groups is 1. The molecule has 0 bridgehead atoms. The van der Waals surface area contributed by atoms with Gasteiger partial charge in [-0.25, -0.2) is 13.2 Å². The molecule has 1 fully saturated rings. The maximum Gasteiger partial charge on any atom is 0.317 e. The Hall–Kier alpha value is -0.820. The van der Waals surface area contributed by atoms with Gasteiger partial charge < -0.3 is 10.2 Å². The first-order chi connectivity index (χ1) is 7.92. The van der Waals surface area contributed by atoms with Crippen LogP contribution in [0.15, 0.2) is 0 Å². The summed E-state index contributed by atoms with van der Waals surface area (Å²) >= 11 is 0. The highest BCUT2D eigenvalue weighted by atomic mass is 32.2. The first-order valence-corrected chi connectivity index (χ1v) is 7.91. The van der Waals surface area contributed by atoms with E-state index in [1.54, 1.807) is 4.90 Å². The maximum absolute atomic E-state index is 11.5. The van der Waals surface area contributed by atoms with E-state index in [2.05, 4.69) is 10.2 Å². The molecular weight excluding hydrogens is 242 g/mol. The molecule has 17 heavy (non-hydrogen) atoms. The van der Waals surface area contributed by atoms with Crippen molar-refractivity contribution in [3.8, 4) is 0 Å². The number of hydrogen-bond acceptors (Lipinski definition) is 4. The Morgan fingerprint density at radius 3 is 2.29 bits per heavy atom. The monoisotopic (exact) mass is 263 g/mol. The molecule has 2 amide bonds. The lowest BCUT2D eigenvalue weighted by atomic mass is 10.3. The molecule has 0 saturated carbocycles. The maximum atomic E-state index is 11.5. The van der Waals surface area contributed by atoms with E-state index in [-0.39, 0.29) is 11.8 Å². The Morgan fingerprint density at radius 2 is 1.82 bits per heavy atom. The highest BCUT2D eigenvalue weighted by Gasteiger charge is 2.20. The van der Waals surface area contributed by atoms with Crippen LogP contribution in [0.1, 0.15) is 6.92 Å². The van der Waals surface area contributed by atoms with Crippen LogP contribution in [-0.2, 0) is 9.84 Å². The van der Waals surface area contributed by atoms with E-state index in [0.29, 0.717) is 26.2 Å². The molecule has 0 spiro atoms. The van der Waals surface area contributed by atoms with E-state index in [1.807, 2.05) is 6.92 Å². The van der Waals surface area contributed by atoms with Crippen LogP contribution in [0.3, 0.4) is 0 Å². The smallest absolute Gasteiger partial charge is 0.317 e. The zero-order chi connectivity index (χ0) is 12.9. The molecule has 0 atom stereocenters. The predicted molar refractivity (Wildman–Crippen MR) is 66.8 cm³/mol. The zero-order valence-corrected chi connectivity index (χ0v) is 11.3. The molecule has 100 valence electrons. The summed E-state index contributed by atoms with van der Waals surface area (Å²) in [6, 6.07) is -0.0322. The first-order valence-electron chi connectivity index (χ1n) is 5.85. The van der Waals surface area contributed by atoms with Crippen LogP contribution in [0.4, 0.5) is 4.79 Å². The highest BCUT2D eigenvalue weighted by Crippen LogP contribution is 2.02. The normalized spacial score (nSPS) is 18.1. The van der Waals surface area contributed by atoms with Crippen molar-refractivity contribution in [2.24, 2.45) is 0 Å². The van der Waals surface area contributed by atoms with Crippen LogP contribution in [0.2, 0.25) is 0 Å². The number of nitrogens with one attached hydrogen (secondary N) is 1. The first kappa shape index (κ1) is 14.2. The third-order valence-corrected chi connectivity index (χ3v) is 3.69. The van der Waals surface area contributed by atoms with Crippen LogP contribution in [-0.4, -0.2) is 75.5 Å². The van der Waals surface area contributed by atoms with Gasteiger partial charge in [0.2, 0.25) is 0 Å².